The van der Waals surface area contributed by atoms with Crippen molar-refractivity contribution >= 4 is 20.9 Å². The molecule has 2 aromatic rings. The van der Waals surface area contributed by atoms with Crippen LogP contribution in [0.25, 0.3) is 10.9 Å². The summed E-state index contributed by atoms with van der Waals surface area (Å²) in [5.41, 5.74) is 7.42. The average Bonchev–Trinajstić information content (AvgIpc) is 2.43. The first-order valence-corrected chi connectivity index (χ1v) is 8.55. The molecule has 0 radical (unpaired) electrons. The van der Waals surface area contributed by atoms with Gasteiger partial charge in [-0.2, -0.15) is 0 Å². The Bertz CT molecular complexity index is 768. The van der Waals surface area contributed by atoms with Gasteiger partial charge in [0.2, 0.25) is 10.0 Å². The molecule has 0 spiro atoms. The summed E-state index contributed by atoms with van der Waals surface area (Å²) >= 11 is 0. The Balaban J connectivity index is 1.90. The highest BCUT2D eigenvalue weighted by atomic mass is 32.2. The molecule has 1 aromatic carbocycles. The molecule has 1 saturated carbocycles. The number of nitrogens with zero attached hydrogens (tertiary/aromatic N) is 1. The zero-order valence-corrected chi connectivity index (χ0v) is 12.7. The van der Waals surface area contributed by atoms with E-state index in [2.05, 4.69) is 9.71 Å². The smallest absolute Gasteiger partial charge is 0.241 e. The number of hydrogen-bond acceptors (Lipinski definition) is 4. The van der Waals surface area contributed by atoms with Crippen molar-refractivity contribution in [1.29, 1.82) is 0 Å². The molecule has 1 aromatic heterocycles. The number of nitrogens with one attached hydrogen (secondary N) is 1. The third-order valence-electron chi connectivity index (χ3n) is 4.06. The van der Waals surface area contributed by atoms with Crippen LogP contribution in [0.4, 0.5) is 0 Å². The number of hydrogen-bond donors (Lipinski definition) is 2. The van der Waals surface area contributed by atoms with Gasteiger partial charge in [0.25, 0.3) is 0 Å². The number of aryl methyl sites for hydroxylation is 1. The van der Waals surface area contributed by atoms with Gasteiger partial charge in [0.1, 0.15) is 0 Å². The van der Waals surface area contributed by atoms with Crippen LogP contribution in [0.1, 0.15) is 18.4 Å². The first kappa shape index (κ1) is 14.4. The summed E-state index contributed by atoms with van der Waals surface area (Å²) in [5, 5.41) is 0.662. The average molecular weight is 305 g/mol. The summed E-state index contributed by atoms with van der Waals surface area (Å²) in [6.45, 7) is 2.38. The number of rotatable bonds is 4. The zero-order chi connectivity index (χ0) is 15.0. The Kier molecular flexibility index (Phi) is 3.69. The van der Waals surface area contributed by atoms with Crippen molar-refractivity contribution in [1.82, 2.24) is 9.71 Å². The Morgan fingerprint density at radius 3 is 2.81 bits per heavy atom. The molecule has 3 rings (SSSR count). The highest BCUT2D eigenvalue weighted by molar-refractivity contribution is 7.89. The Hall–Kier alpha value is -1.50. The molecule has 0 unspecified atom stereocenters. The van der Waals surface area contributed by atoms with Crippen LogP contribution < -0.4 is 10.5 Å². The SMILES string of the molecule is Cc1ccc(S(=O)(=O)NCC2CC(N)C2)c2cccnc12. The van der Waals surface area contributed by atoms with E-state index in [1.807, 2.05) is 6.92 Å². The van der Waals surface area contributed by atoms with Crippen LogP contribution in [0.2, 0.25) is 0 Å². The molecule has 5 nitrogen and oxygen atoms in total. The Morgan fingerprint density at radius 1 is 1.33 bits per heavy atom. The second-order valence-corrected chi connectivity index (χ2v) is 7.46. The van der Waals surface area contributed by atoms with Crippen LogP contribution in [0.3, 0.4) is 0 Å². The van der Waals surface area contributed by atoms with E-state index in [0.29, 0.717) is 22.7 Å². The zero-order valence-electron chi connectivity index (χ0n) is 11.9. The van der Waals surface area contributed by atoms with E-state index < -0.39 is 10.0 Å². The molecular formula is C15H19N3O2S. The van der Waals surface area contributed by atoms with E-state index in [-0.39, 0.29) is 6.04 Å². The van der Waals surface area contributed by atoms with Gasteiger partial charge in [-0.25, -0.2) is 13.1 Å². The molecule has 0 saturated heterocycles. The maximum atomic E-state index is 12.5. The molecule has 0 aliphatic heterocycles. The van der Waals surface area contributed by atoms with Gasteiger partial charge in [-0.05, 0) is 49.4 Å². The number of pyridine rings is 1. The molecule has 112 valence electrons. The fourth-order valence-electron chi connectivity index (χ4n) is 2.78. The topological polar surface area (TPSA) is 85.1 Å². The van der Waals surface area contributed by atoms with E-state index in [1.54, 1.807) is 30.5 Å². The van der Waals surface area contributed by atoms with Gasteiger partial charge in [-0.3, -0.25) is 4.98 Å². The second-order valence-electron chi connectivity index (χ2n) is 5.73. The largest absolute Gasteiger partial charge is 0.328 e. The maximum Gasteiger partial charge on any atom is 0.241 e. The highest BCUT2D eigenvalue weighted by Crippen LogP contribution is 2.27. The maximum absolute atomic E-state index is 12.5. The number of nitrogens with two attached hydrogens (primary N) is 1. The van der Waals surface area contributed by atoms with E-state index in [4.69, 9.17) is 5.73 Å². The molecule has 1 heterocycles. The molecule has 0 atom stereocenters. The van der Waals surface area contributed by atoms with Gasteiger partial charge in [0.15, 0.2) is 0 Å². The molecule has 6 heteroatoms. The predicted molar refractivity (Wildman–Crippen MR) is 82.4 cm³/mol. The van der Waals surface area contributed by atoms with Crippen molar-refractivity contribution in [2.75, 3.05) is 6.54 Å². The van der Waals surface area contributed by atoms with E-state index in [9.17, 15) is 8.42 Å². The first-order chi connectivity index (χ1) is 9.97. The van der Waals surface area contributed by atoms with Crippen molar-refractivity contribution in [2.45, 2.75) is 30.7 Å². The first-order valence-electron chi connectivity index (χ1n) is 7.07. The van der Waals surface area contributed by atoms with Crippen LogP contribution in [0.5, 0.6) is 0 Å². The second kappa shape index (κ2) is 5.36. The van der Waals surface area contributed by atoms with Crippen LogP contribution in [-0.4, -0.2) is 26.0 Å². The van der Waals surface area contributed by atoms with Gasteiger partial charge in [0, 0.05) is 24.2 Å². The number of fused-ring (bicyclic) bond motifs is 1. The minimum Gasteiger partial charge on any atom is -0.328 e. The lowest BCUT2D eigenvalue weighted by Crippen LogP contribution is -2.42. The standard InChI is InChI=1S/C15H19N3O2S/c1-10-4-5-14(13-3-2-6-17-15(10)13)21(19,20)18-9-11-7-12(16)8-11/h2-6,11-12,18H,7-9,16H2,1H3. The monoisotopic (exact) mass is 305 g/mol. The molecule has 1 aliphatic rings. The highest BCUT2D eigenvalue weighted by Gasteiger charge is 2.28. The molecule has 21 heavy (non-hydrogen) atoms. The fourth-order valence-corrected chi connectivity index (χ4v) is 4.09. The van der Waals surface area contributed by atoms with Gasteiger partial charge < -0.3 is 5.73 Å². The van der Waals surface area contributed by atoms with E-state index in [0.717, 1.165) is 23.9 Å². The summed E-state index contributed by atoms with van der Waals surface area (Å²) in [5.74, 6) is 0.351. The quantitative estimate of drug-likeness (QED) is 0.897. The third kappa shape index (κ3) is 2.79. The number of aromatic nitrogens is 1. The minimum absolute atomic E-state index is 0.226. The summed E-state index contributed by atoms with van der Waals surface area (Å²) in [6, 6.07) is 7.22. The van der Waals surface area contributed by atoms with Crippen LogP contribution >= 0.6 is 0 Å². The third-order valence-corrected chi connectivity index (χ3v) is 5.54. The van der Waals surface area contributed by atoms with Crippen molar-refractivity contribution in [3.05, 3.63) is 36.0 Å². The lowest BCUT2D eigenvalue weighted by molar-refractivity contribution is 0.267. The summed E-state index contributed by atoms with van der Waals surface area (Å²) in [6.07, 6.45) is 3.45. The lowest BCUT2D eigenvalue weighted by Gasteiger charge is -2.32. The van der Waals surface area contributed by atoms with Crippen molar-refractivity contribution < 1.29 is 8.42 Å². The van der Waals surface area contributed by atoms with Crippen LogP contribution in [-0.2, 0) is 10.0 Å². The fraction of sp³-hybridized carbons (Fsp3) is 0.400. The normalized spacial score (nSPS) is 22.2. The van der Waals surface area contributed by atoms with E-state index >= 15 is 0 Å². The number of sulfonamides is 1. The van der Waals surface area contributed by atoms with Crippen molar-refractivity contribution in [3.8, 4) is 0 Å². The lowest BCUT2D eigenvalue weighted by atomic mass is 9.81. The summed E-state index contributed by atoms with van der Waals surface area (Å²) in [7, 11) is -3.52. The van der Waals surface area contributed by atoms with Gasteiger partial charge >= 0.3 is 0 Å². The molecular weight excluding hydrogens is 286 g/mol. The molecule has 1 aliphatic carbocycles. The van der Waals surface area contributed by atoms with E-state index in [1.165, 1.54) is 0 Å². The minimum atomic E-state index is -3.52. The predicted octanol–water partition coefficient (Wildman–Crippen LogP) is 1.56. The molecule has 0 bridgehead atoms. The number of benzene rings is 1. The molecule has 0 amide bonds. The van der Waals surface area contributed by atoms with Crippen molar-refractivity contribution in [2.24, 2.45) is 11.7 Å². The summed E-state index contributed by atoms with van der Waals surface area (Å²) in [4.78, 5) is 4.57. The van der Waals surface area contributed by atoms with Gasteiger partial charge in [-0.15, -0.1) is 0 Å². The van der Waals surface area contributed by atoms with Crippen LogP contribution in [0.15, 0.2) is 35.4 Å². The summed E-state index contributed by atoms with van der Waals surface area (Å²) < 4.78 is 27.7. The molecule has 3 N–H and O–H groups in total. The Morgan fingerprint density at radius 2 is 2.10 bits per heavy atom. The van der Waals surface area contributed by atoms with Crippen LogP contribution in [0, 0.1) is 12.8 Å². The van der Waals surface area contributed by atoms with Gasteiger partial charge in [0.05, 0.1) is 10.4 Å². The van der Waals surface area contributed by atoms with Crippen molar-refractivity contribution in [3.63, 3.8) is 0 Å². The molecule has 1 fully saturated rings. The Labute approximate surface area is 124 Å². The van der Waals surface area contributed by atoms with Gasteiger partial charge in [-0.1, -0.05) is 6.07 Å².